The zero-order valence-electron chi connectivity index (χ0n) is 27.6. The van der Waals surface area contributed by atoms with E-state index in [4.69, 9.17) is 9.72 Å². The molecule has 0 bridgehead atoms. The van der Waals surface area contributed by atoms with Gasteiger partial charge in [-0.3, -0.25) is 4.90 Å². The van der Waals surface area contributed by atoms with Gasteiger partial charge in [0.25, 0.3) is 0 Å². The van der Waals surface area contributed by atoms with E-state index in [1.807, 2.05) is 30.9 Å². The predicted molar refractivity (Wildman–Crippen MR) is 175 cm³/mol. The van der Waals surface area contributed by atoms with Gasteiger partial charge in [0, 0.05) is 56.4 Å². The molecular formula is C34H39F3N10O. The fourth-order valence-electron chi connectivity index (χ4n) is 5.61. The Kier molecular flexibility index (Phi) is 9.88. The Labute approximate surface area is 278 Å². The van der Waals surface area contributed by atoms with Crippen LogP contribution in [-0.2, 0) is 12.7 Å². The molecule has 1 aromatic carbocycles. The summed E-state index contributed by atoms with van der Waals surface area (Å²) in [4.78, 5) is 33.3. The Bertz CT molecular complexity index is 1770. The molecule has 4 heterocycles. The quantitative estimate of drug-likeness (QED) is 0.218. The van der Waals surface area contributed by atoms with Gasteiger partial charge in [0.15, 0.2) is 11.5 Å². The highest BCUT2D eigenvalue weighted by molar-refractivity contribution is 5.66. The van der Waals surface area contributed by atoms with Crippen molar-refractivity contribution < 1.29 is 17.9 Å². The summed E-state index contributed by atoms with van der Waals surface area (Å²) in [6.45, 7) is 9.06. The number of anilines is 1. The summed E-state index contributed by atoms with van der Waals surface area (Å²) in [7, 11) is 3.69. The summed E-state index contributed by atoms with van der Waals surface area (Å²) in [5.41, 5.74) is 2.11. The van der Waals surface area contributed by atoms with Crippen LogP contribution in [0.15, 0.2) is 43.1 Å². The van der Waals surface area contributed by atoms with Crippen molar-refractivity contribution in [3.63, 3.8) is 0 Å². The molecule has 0 spiro atoms. The van der Waals surface area contributed by atoms with Gasteiger partial charge in [-0.05, 0) is 39.3 Å². The van der Waals surface area contributed by atoms with Crippen molar-refractivity contribution in [2.75, 3.05) is 58.3 Å². The molecule has 0 amide bonds. The van der Waals surface area contributed by atoms with Gasteiger partial charge in [-0.1, -0.05) is 36.1 Å². The number of rotatable bonds is 10. The van der Waals surface area contributed by atoms with Crippen LogP contribution < -0.4 is 9.64 Å². The minimum atomic E-state index is -4.53. The van der Waals surface area contributed by atoms with Crippen LogP contribution in [0.25, 0.3) is 22.8 Å². The van der Waals surface area contributed by atoms with E-state index in [1.165, 1.54) is 12.7 Å². The van der Waals surface area contributed by atoms with Crippen LogP contribution in [0.5, 0.6) is 5.88 Å². The second-order valence-electron chi connectivity index (χ2n) is 12.5. The van der Waals surface area contributed by atoms with E-state index in [2.05, 4.69) is 53.6 Å². The Balaban J connectivity index is 1.28. The van der Waals surface area contributed by atoms with Gasteiger partial charge in [0.2, 0.25) is 11.8 Å². The van der Waals surface area contributed by atoms with Gasteiger partial charge < -0.3 is 19.1 Å². The lowest BCUT2D eigenvalue weighted by Gasteiger charge is -2.30. The average Bonchev–Trinajstić information content (AvgIpc) is 3.82. The minimum Gasteiger partial charge on any atom is -0.480 e. The van der Waals surface area contributed by atoms with Crippen molar-refractivity contribution in [2.24, 2.45) is 0 Å². The summed E-state index contributed by atoms with van der Waals surface area (Å²) < 4.78 is 47.6. The number of aromatic nitrogens is 7. The van der Waals surface area contributed by atoms with Crippen molar-refractivity contribution in [3.8, 4) is 40.5 Å². The highest BCUT2D eigenvalue weighted by atomic mass is 19.4. The Morgan fingerprint density at radius 2 is 1.69 bits per heavy atom. The van der Waals surface area contributed by atoms with Gasteiger partial charge in [-0.25, -0.2) is 24.9 Å². The van der Waals surface area contributed by atoms with E-state index in [1.54, 1.807) is 23.8 Å². The molecule has 0 N–H and O–H groups in total. The lowest BCUT2D eigenvalue weighted by molar-refractivity contribution is -0.140. The predicted octanol–water partition coefficient (Wildman–Crippen LogP) is 4.94. The number of ether oxygens (including phenoxy) is 1. The third-order valence-electron chi connectivity index (χ3n) is 8.52. The summed E-state index contributed by atoms with van der Waals surface area (Å²) in [6, 6.07) is 7.15. The van der Waals surface area contributed by atoms with Crippen molar-refractivity contribution in [1.29, 1.82) is 0 Å². The lowest BCUT2D eigenvalue weighted by Crippen LogP contribution is -2.44. The van der Waals surface area contributed by atoms with E-state index in [0.29, 0.717) is 54.3 Å². The number of methoxy groups -OCH3 is 1. The molecule has 0 unspecified atom stereocenters. The second-order valence-corrected chi connectivity index (χ2v) is 12.5. The first-order chi connectivity index (χ1) is 23.1. The number of imidazole rings is 1. The molecule has 2 aliphatic rings. The van der Waals surface area contributed by atoms with Crippen molar-refractivity contribution in [2.45, 2.75) is 51.4 Å². The number of piperazine rings is 1. The van der Waals surface area contributed by atoms with Crippen LogP contribution in [0.1, 0.15) is 55.6 Å². The highest BCUT2D eigenvalue weighted by Crippen LogP contribution is 2.44. The van der Waals surface area contributed by atoms with E-state index < -0.39 is 11.9 Å². The minimum absolute atomic E-state index is 0.199. The number of benzene rings is 1. The Morgan fingerprint density at radius 1 is 0.958 bits per heavy atom. The molecule has 4 aromatic rings. The molecule has 252 valence electrons. The highest BCUT2D eigenvalue weighted by Gasteiger charge is 2.35. The summed E-state index contributed by atoms with van der Waals surface area (Å²) >= 11 is 0. The molecule has 3 aromatic heterocycles. The van der Waals surface area contributed by atoms with Crippen LogP contribution in [0.3, 0.4) is 0 Å². The zero-order chi connectivity index (χ0) is 33.8. The fraction of sp³-hybridized carbons (Fsp3) is 0.471. The van der Waals surface area contributed by atoms with Crippen molar-refractivity contribution in [3.05, 3.63) is 60.1 Å². The molecule has 1 saturated carbocycles. The van der Waals surface area contributed by atoms with Crippen LogP contribution in [-0.4, -0.2) is 97.7 Å². The van der Waals surface area contributed by atoms with Crippen LogP contribution >= 0.6 is 0 Å². The van der Waals surface area contributed by atoms with E-state index in [-0.39, 0.29) is 11.9 Å². The maximum Gasteiger partial charge on any atom is 0.434 e. The van der Waals surface area contributed by atoms with Crippen LogP contribution in [0.4, 0.5) is 19.1 Å². The molecular weight excluding hydrogens is 621 g/mol. The van der Waals surface area contributed by atoms with Gasteiger partial charge in [0.1, 0.15) is 24.0 Å². The fourth-order valence-corrected chi connectivity index (χ4v) is 5.61. The number of hydrogen-bond acceptors (Lipinski definition) is 10. The first-order valence-electron chi connectivity index (χ1n) is 16.1. The monoisotopic (exact) mass is 660 g/mol. The summed E-state index contributed by atoms with van der Waals surface area (Å²) in [5, 5.41) is 0. The van der Waals surface area contributed by atoms with E-state index >= 15 is 0 Å². The number of alkyl halides is 3. The van der Waals surface area contributed by atoms with Gasteiger partial charge in [-0.15, -0.1) is 0 Å². The number of hydrogen-bond donors (Lipinski definition) is 0. The lowest BCUT2D eigenvalue weighted by atomic mass is 10.1. The zero-order valence-corrected chi connectivity index (χ0v) is 27.6. The Morgan fingerprint density at radius 3 is 2.35 bits per heavy atom. The molecule has 1 aliphatic carbocycles. The smallest absolute Gasteiger partial charge is 0.434 e. The normalized spacial score (nSPS) is 15.8. The third kappa shape index (κ3) is 7.74. The SMILES string of the molecule is COc1ncnc(C2CC2)c1-c1ncnc(N(CC#CCN2CCN(C)CC2)Cc2ccc(-c3nc(C(F)(F)F)cn3C(C)C)cc2)n1. The maximum atomic E-state index is 13.5. The topological polar surface area (TPSA) is 101 Å². The standard InChI is InChI=1S/C34H39F3N10O/c1-23(2)47-20-27(34(35,36)37)42-31(47)26-9-7-24(8-10-26)19-46(14-6-5-13-45-17-15-44(3)16-18-45)33-41-22-39-30(43-33)28-29(25-11-12-25)38-21-40-32(28)48-4/h7-10,20-23,25H,11-19H2,1-4H3. The van der Waals surface area contributed by atoms with Gasteiger partial charge in [0.05, 0.1) is 25.9 Å². The third-order valence-corrected chi connectivity index (χ3v) is 8.52. The number of likely N-dealkylation sites (N-methyl/N-ethyl adjacent to an activating group) is 1. The average molecular weight is 661 g/mol. The molecule has 48 heavy (non-hydrogen) atoms. The second kappa shape index (κ2) is 14.2. The number of nitrogens with zero attached hydrogens (tertiary/aromatic N) is 10. The van der Waals surface area contributed by atoms with Crippen LogP contribution in [0.2, 0.25) is 0 Å². The molecule has 14 heteroatoms. The molecule has 1 saturated heterocycles. The first kappa shape index (κ1) is 33.3. The van der Waals surface area contributed by atoms with Crippen molar-refractivity contribution in [1.82, 2.24) is 44.3 Å². The summed E-state index contributed by atoms with van der Waals surface area (Å²) in [6.07, 6.45) is 1.58. The van der Waals surface area contributed by atoms with Crippen LogP contribution in [0, 0.1) is 11.8 Å². The summed E-state index contributed by atoms with van der Waals surface area (Å²) in [5.74, 6) is 8.46. The van der Waals surface area contributed by atoms with Gasteiger partial charge in [-0.2, -0.15) is 18.2 Å². The first-order valence-corrected chi connectivity index (χ1v) is 16.1. The van der Waals surface area contributed by atoms with E-state index in [0.717, 1.165) is 56.5 Å². The number of halogens is 3. The molecule has 6 rings (SSSR count). The van der Waals surface area contributed by atoms with Crippen molar-refractivity contribution >= 4 is 5.95 Å². The molecule has 11 nitrogen and oxygen atoms in total. The molecule has 1 aliphatic heterocycles. The maximum absolute atomic E-state index is 13.5. The largest absolute Gasteiger partial charge is 0.480 e. The molecule has 0 radical (unpaired) electrons. The van der Waals surface area contributed by atoms with Gasteiger partial charge >= 0.3 is 6.18 Å². The molecule has 0 atom stereocenters. The molecule has 2 fully saturated rings. The Hall–Kier alpha value is -4.61. The van der Waals surface area contributed by atoms with E-state index in [9.17, 15) is 13.2 Å².